The van der Waals surface area contributed by atoms with Gasteiger partial charge in [0, 0.05) is 34.5 Å². The Morgan fingerprint density at radius 1 is 1.29 bits per heavy atom. The molecule has 1 aromatic heterocycles. The number of benzene rings is 1. The molecule has 2 aromatic rings. The fourth-order valence-electron chi connectivity index (χ4n) is 3.18. The Balaban J connectivity index is 1.74. The number of hydrogen-bond donors (Lipinski definition) is 1. The van der Waals surface area contributed by atoms with Gasteiger partial charge in [0.1, 0.15) is 0 Å². The minimum absolute atomic E-state index is 0.0368. The molecule has 1 heterocycles. The van der Waals surface area contributed by atoms with Gasteiger partial charge in [-0.05, 0) is 25.0 Å². The Morgan fingerprint density at radius 2 is 2.04 bits per heavy atom. The van der Waals surface area contributed by atoms with Gasteiger partial charge in [0.25, 0.3) is 5.56 Å². The van der Waals surface area contributed by atoms with Gasteiger partial charge in [-0.3, -0.25) is 9.59 Å². The number of nitrogens with zero attached hydrogens (tertiary/aromatic N) is 1. The van der Waals surface area contributed by atoms with Gasteiger partial charge in [0.2, 0.25) is 5.91 Å². The van der Waals surface area contributed by atoms with E-state index in [2.05, 4.69) is 5.32 Å². The quantitative estimate of drug-likeness (QED) is 0.841. The van der Waals surface area contributed by atoms with E-state index in [1.807, 2.05) is 6.07 Å². The molecule has 24 heavy (non-hydrogen) atoms. The van der Waals surface area contributed by atoms with E-state index in [0.29, 0.717) is 16.8 Å². The second kappa shape index (κ2) is 7.62. The number of halogens is 1. The maximum atomic E-state index is 12.2. The van der Waals surface area contributed by atoms with Gasteiger partial charge >= 0.3 is 0 Å². The predicted octanol–water partition coefficient (Wildman–Crippen LogP) is 3.73. The number of carbonyl (C=O) groups is 1. The Bertz CT molecular complexity index is 813. The topological polar surface area (TPSA) is 51.1 Å². The van der Waals surface area contributed by atoms with Crippen LogP contribution in [-0.4, -0.2) is 22.3 Å². The minimum atomic E-state index is -0.0973. The van der Waals surface area contributed by atoms with Crippen molar-refractivity contribution in [2.75, 3.05) is 5.75 Å². The van der Waals surface area contributed by atoms with E-state index in [1.54, 1.807) is 29.8 Å². The molecule has 1 N–H and O–H groups in total. The SMILES string of the molecule is Cn1c(=O)cc(SCC(=O)NC2CCCCC2)c2ccc(Cl)cc21. The fraction of sp³-hybridized carbons (Fsp3) is 0.444. The summed E-state index contributed by atoms with van der Waals surface area (Å²) in [5.74, 6) is 0.358. The molecule has 128 valence electrons. The molecule has 4 nitrogen and oxygen atoms in total. The van der Waals surface area contributed by atoms with Crippen LogP contribution in [0.5, 0.6) is 0 Å². The summed E-state index contributed by atoms with van der Waals surface area (Å²) in [4.78, 5) is 25.1. The van der Waals surface area contributed by atoms with Gasteiger partial charge in [-0.2, -0.15) is 0 Å². The van der Waals surface area contributed by atoms with Crippen molar-refractivity contribution in [1.29, 1.82) is 0 Å². The van der Waals surface area contributed by atoms with Crippen LogP contribution in [0.2, 0.25) is 5.02 Å². The van der Waals surface area contributed by atoms with Gasteiger partial charge < -0.3 is 9.88 Å². The molecule has 0 saturated heterocycles. The molecule has 0 atom stereocenters. The van der Waals surface area contributed by atoms with Gasteiger partial charge in [-0.25, -0.2) is 0 Å². The second-order valence-corrected chi connectivity index (χ2v) is 7.71. The van der Waals surface area contributed by atoms with E-state index < -0.39 is 0 Å². The van der Waals surface area contributed by atoms with Crippen LogP contribution in [0.1, 0.15) is 32.1 Å². The number of hydrogen-bond acceptors (Lipinski definition) is 3. The molecule has 1 saturated carbocycles. The summed E-state index contributed by atoms with van der Waals surface area (Å²) in [6.45, 7) is 0. The molecule has 1 aromatic carbocycles. The largest absolute Gasteiger partial charge is 0.353 e. The van der Waals surface area contributed by atoms with Gasteiger partial charge in [0.15, 0.2) is 0 Å². The van der Waals surface area contributed by atoms with E-state index in [-0.39, 0.29) is 11.5 Å². The molecular formula is C18H21ClN2O2S. The first-order valence-electron chi connectivity index (χ1n) is 8.26. The molecule has 0 unspecified atom stereocenters. The maximum Gasteiger partial charge on any atom is 0.251 e. The lowest BCUT2D eigenvalue weighted by atomic mass is 9.95. The summed E-state index contributed by atoms with van der Waals surface area (Å²) < 4.78 is 1.58. The zero-order chi connectivity index (χ0) is 17.1. The number of aryl methyl sites for hydroxylation is 1. The zero-order valence-corrected chi connectivity index (χ0v) is 15.3. The molecule has 3 rings (SSSR count). The van der Waals surface area contributed by atoms with Crippen LogP contribution in [0.15, 0.2) is 34.0 Å². The molecule has 1 fully saturated rings. The summed E-state index contributed by atoms with van der Waals surface area (Å²) in [6, 6.07) is 7.39. The van der Waals surface area contributed by atoms with Crippen molar-refractivity contribution in [3.05, 3.63) is 39.6 Å². The fourth-order valence-corrected chi connectivity index (χ4v) is 4.22. The number of thioether (sulfide) groups is 1. The van der Waals surface area contributed by atoms with Crippen molar-refractivity contribution in [3.63, 3.8) is 0 Å². The van der Waals surface area contributed by atoms with E-state index in [0.717, 1.165) is 28.6 Å². The van der Waals surface area contributed by atoms with E-state index in [4.69, 9.17) is 11.6 Å². The lowest BCUT2D eigenvalue weighted by molar-refractivity contribution is -0.119. The van der Waals surface area contributed by atoms with Crippen molar-refractivity contribution < 1.29 is 4.79 Å². The van der Waals surface area contributed by atoms with Crippen molar-refractivity contribution in [3.8, 4) is 0 Å². The maximum absolute atomic E-state index is 12.2. The van der Waals surface area contributed by atoms with Crippen molar-refractivity contribution in [2.45, 2.75) is 43.0 Å². The number of rotatable bonds is 4. The second-order valence-electron chi connectivity index (χ2n) is 6.26. The van der Waals surface area contributed by atoms with Crippen LogP contribution in [0.3, 0.4) is 0 Å². The third-order valence-electron chi connectivity index (χ3n) is 4.50. The number of amides is 1. The number of aromatic nitrogens is 1. The van der Waals surface area contributed by atoms with Gasteiger partial charge in [-0.1, -0.05) is 36.9 Å². The van der Waals surface area contributed by atoms with Crippen molar-refractivity contribution >= 4 is 40.2 Å². The third-order valence-corrected chi connectivity index (χ3v) is 5.79. The average molecular weight is 365 g/mol. The molecule has 1 aliphatic rings. The summed E-state index contributed by atoms with van der Waals surface area (Å²) in [5.41, 5.74) is 0.685. The Morgan fingerprint density at radius 3 is 2.79 bits per heavy atom. The summed E-state index contributed by atoms with van der Waals surface area (Å²) in [7, 11) is 1.73. The van der Waals surface area contributed by atoms with Gasteiger partial charge in [-0.15, -0.1) is 11.8 Å². The third kappa shape index (κ3) is 3.95. The summed E-state index contributed by atoms with van der Waals surface area (Å²) in [6.07, 6.45) is 5.80. The first-order chi connectivity index (χ1) is 11.5. The van der Waals surface area contributed by atoms with Crippen LogP contribution in [0.4, 0.5) is 0 Å². The molecule has 1 amide bonds. The van der Waals surface area contributed by atoms with E-state index >= 15 is 0 Å². The van der Waals surface area contributed by atoms with Gasteiger partial charge in [0.05, 0.1) is 11.3 Å². The smallest absolute Gasteiger partial charge is 0.251 e. The highest BCUT2D eigenvalue weighted by Crippen LogP contribution is 2.28. The van der Waals surface area contributed by atoms with Crippen LogP contribution in [-0.2, 0) is 11.8 Å². The average Bonchev–Trinajstić information content (AvgIpc) is 2.58. The van der Waals surface area contributed by atoms with Crippen LogP contribution in [0, 0.1) is 0 Å². The zero-order valence-electron chi connectivity index (χ0n) is 13.7. The highest BCUT2D eigenvalue weighted by Gasteiger charge is 2.16. The summed E-state index contributed by atoms with van der Waals surface area (Å²) >= 11 is 7.45. The molecule has 0 aliphatic heterocycles. The first-order valence-corrected chi connectivity index (χ1v) is 9.62. The molecule has 0 spiro atoms. The lowest BCUT2D eigenvalue weighted by Gasteiger charge is -2.22. The molecule has 6 heteroatoms. The Labute approximate surface area is 150 Å². The predicted molar refractivity (Wildman–Crippen MR) is 99.9 cm³/mol. The highest BCUT2D eigenvalue weighted by molar-refractivity contribution is 8.00. The summed E-state index contributed by atoms with van der Waals surface area (Å²) in [5, 5.41) is 4.64. The van der Waals surface area contributed by atoms with Crippen LogP contribution >= 0.6 is 23.4 Å². The molecule has 0 bridgehead atoms. The van der Waals surface area contributed by atoms with E-state index in [9.17, 15) is 9.59 Å². The first kappa shape index (κ1) is 17.4. The monoisotopic (exact) mass is 364 g/mol. The lowest BCUT2D eigenvalue weighted by Crippen LogP contribution is -2.37. The van der Waals surface area contributed by atoms with Crippen molar-refractivity contribution in [1.82, 2.24) is 9.88 Å². The van der Waals surface area contributed by atoms with Crippen LogP contribution < -0.4 is 10.9 Å². The normalized spacial score (nSPS) is 15.6. The number of carbonyl (C=O) groups excluding carboxylic acids is 1. The number of fused-ring (bicyclic) bond motifs is 1. The van der Waals surface area contributed by atoms with Crippen molar-refractivity contribution in [2.24, 2.45) is 7.05 Å². The number of pyridine rings is 1. The molecule has 1 aliphatic carbocycles. The minimum Gasteiger partial charge on any atom is -0.353 e. The molecule has 0 radical (unpaired) electrons. The Kier molecular flexibility index (Phi) is 5.51. The number of nitrogens with one attached hydrogen (secondary N) is 1. The highest BCUT2D eigenvalue weighted by atomic mass is 35.5. The molecular weight excluding hydrogens is 344 g/mol. The standard InChI is InChI=1S/C18H21ClN2O2S/c1-21-15-9-12(19)7-8-14(15)16(10-18(21)23)24-11-17(22)20-13-5-3-2-4-6-13/h7-10,13H,2-6,11H2,1H3,(H,20,22). The van der Waals surface area contributed by atoms with Crippen LogP contribution in [0.25, 0.3) is 10.9 Å². The van der Waals surface area contributed by atoms with E-state index in [1.165, 1.54) is 31.0 Å². The Hall–Kier alpha value is -1.46.